The van der Waals surface area contributed by atoms with Gasteiger partial charge < -0.3 is 19.4 Å². The van der Waals surface area contributed by atoms with Gasteiger partial charge in [-0.2, -0.15) is 0 Å². The Hall–Kier alpha value is -2.28. The summed E-state index contributed by atoms with van der Waals surface area (Å²) in [6, 6.07) is 5.60. The first-order valence-electron chi connectivity index (χ1n) is 8.38. The van der Waals surface area contributed by atoms with Crippen molar-refractivity contribution >= 4 is 17.2 Å². The first-order valence-corrected chi connectivity index (χ1v) is 9.26. The predicted molar refractivity (Wildman–Crippen MR) is 96.5 cm³/mol. The Morgan fingerprint density at radius 2 is 2.08 bits per heavy atom. The van der Waals surface area contributed by atoms with Crippen LogP contribution in [0.3, 0.4) is 0 Å². The van der Waals surface area contributed by atoms with Crippen LogP contribution in [0, 0.1) is 6.92 Å². The zero-order valence-corrected chi connectivity index (χ0v) is 15.2. The molecule has 1 aromatic carbocycles. The summed E-state index contributed by atoms with van der Waals surface area (Å²) in [7, 11) is 0. The van der Waals surface area contributed by atoms with Gasteiger partial charge >= 0.3 is 4.87 Å². The molecule has 3 rings (SSSR count). The molecule has 1 atom stereocenters. The van der Waals surface area contributed by atoms with Gasteiger partial charge in [0.1, 0.15) is 13.2 Å². The van der Waals surface area contributed by atoms with E-state index in [-0.39, 0.29) is 16.8 Å². The summed E-state index contributed by atoms with van der Waals surface area (Å²) < 4.78 is 12.8. The Morgan fingerprint density at radius 1 is 1.32 bits per heavy atom. The number of aryl methyl sites for hydroxylation is 1. The summed E-state index contributed by atoms with van der Waals surface area (Å²) in [4.78, 5) is 23.8. The molecule has 1 aromatic heterocycles. The molecule has 0 fully saturated rings. The fourth-order valence-corrected chi connectivity index (χ4v) is 3.56. The van der Waals surface area contributed by atoms with Crippen LogP contribution in [0.4, 0.5) is 0 Å². The molecule has 0 saturated carbocycles. The minimum absolute atomic E-state index is 0.0247. The molecule has 0 aliphatic carbocycles. The molecule has 1 N–H and O–H groups in total. The van der Waals surface area contributed by atoms with E-state index < -0.39 is 0 Å². The third-order valence-electron chi connectivity index (χ3n) is 4.21. The molecule has 2 heterocycles. The van der Waals surface area contributed by atoms with E-state index in [4.69, 9.17) is 9.47 Å². The number of aromatic nitrogens is 1. The lowest BCUT2D eigenvalue weighted by Crippen LogP contribution is -2.27. The Bertz CT molecular complexity index is 812. The van der Waals surface area contributed by atoms with E-state index in [2.05, 4.69) is 5.32 Å². The van der Waals surface area contributed by atoms with Gasteiger partial charge in [0.05, 0.1) is 6.04 Å². The van der Waals surface area contributed by atoms with Gasteiger partial charge in [-0.05, 0) is 38.0 Å². The predicted octanol–water partition coefficient (Wildman–Crippen LogP) is 2.65. The van der Waals surface area contributed by atoms with Crippen LogP contribution in [0.15, 0.2) is 28.4 Å². The quantitative estimate of drug-likeness (QED) is 0.858. The lowest BCUT2D eigenvalue weighted by molar-refractivity contribution is -0.121. The summed E-state index contributed by atoms with van der Waals surface area (Å²) in [5.74, 6) is 1.44. The van der Waals surface area contributed by atoms with Crippen molar-refractivity contribution in [2.24, 2.45) is 0 Å². The molecule has 6 nitrogen and oxygen atoms in total. The number of thiazole rings is 1. The van der Waals surface area contributed by atoms with Crippen molar-refractivity contribution in [3.63, 3.8) is 0 Å². The van der Waals surface area contributed by atoms with Crippen LogP contribution in [0.5, 0.6) is 11.5 Å². The fourth-order valence-electron chi connectivity index (χ4n) is 2.80. The topological polar surface area (TPSA) is 69.6 Å². The average molecular weight is 362 g/mol. The van der Waals surface area contributed by atoms with Gasteiger partial charge in [0.2, 0.25) is 5.91 Å². The Morgan fingerprint density at radius 3 is 2.80 bits per heavy atom. The normalized spacial score (nSPS) is 14.2. The van der Waals surface area contributed by atoms with E-state index >= 15 is 0 Å². The highest BCUT2D eigenvalue weighted by atomic mass is 32.1. The summed E-state index contributed by atoms with van der Waals surface area (Å²) in [6.07, 6.45) is 1.02. The van der Waals surface area contributed by atoms with E-state index in [0.29, 0.717) is 32.6 Å². The van der Waals surface area contributed by atoms with E-state index in [1.54, 1.807) is 4.57 Å². The molecule has 1 amide bonds. The highest BCUT2D eigenvalue weighted by Gasteiger charge is 2.15. The first kappa shape index (κ1) is 17.5. The standard InChI is InChI=1S/C18H22N2O4S/c1-12-11-25-18(22)20(12)7-3-4-17(21)19-13(2)14-5-6-15-16(10-14)24-9-8-23-15/h5-6,10-11,13H,3-4,7-9H2,1-2H3,(H,19,21). The monoisotopic (exact) mass is 362 g/mol. The maximum Gasteiger partial charge on any atom is 0.307 e. The van der Waals surface area contributed by atoms with Gasteiger partial charge in [-0.1, -0.05) is 17.4 Å². The van der Waals surface area contributed by atoms with Gasteiger partial charge in [0.15, 0.2) is 11.5 Å². The zero-order chi connectivity index (χ0) is 17.8. The number of fused-ring (bicyclic) bond motifs is 1. The Kier molecular flexibility index (Phi) is 5.43. The summed E-state index contributed by atoms with van der Waals surface area (Å²) in [5.41, 5.74) is 1.92. The molecule has 25 heavy (non-hydrogen) atoms. The van der Waals surface area contributed by atoms with Crippen LogP contribution in [0.1, 0.15) is 37.1 Å². The van der Waals surface area contributed by atoms with Crippen LogP contribution in [-0.2, 0) is 11.3 Å². The van der Waals surface area contributed by atoms with E-state index in [9.17, 15) is 9.59 Å². The molecule has 1 aliphatic rings. The molecular weight excluding hydrogens is 340 g/mol. The largest absolute Gasteiger partial charge is 0.486 e. The molecule has 1 unspecified atom stereocenters. The van der Waals surface area contributed by atoms with Crippen LogP contribution in [0.2, 0.25) is 0 Å². The molecule has 1 aliphatic heterocycles. The van der Waals surface area contributed by atoms with E-state index in [1.165, 1.54) is 11.3 Å². The highest BCUT2D eigenvalue weighted by molar-refractivity contribution is 7.07. The number of ether oxygens (including phenoxy) is 2. The third kappa shape index (κ3) is 4.22. The van der Waals surface area contributed by atoms with Crippen LogP contribution in [-0.4, -0.2) is 23.7 Å². The Labute approximate surface area is 150 Å². The molecule has 7 heteroatoms. The summed E-state index contributed by atoms with van der Waals surface area (Å²) in [5, 5.41) is 4.83. The number of hydrogen-bond acceptors (Lipinski definition) is 5. The minimum atomic E-state index is -0.117. The summed E-state index contributed by atoms with van der Waals surface area (Å²) in [6.45, 7) is 5.52. The molecule has 0 bridgehead atoms. The van der Waals surface area contributed by atoms with Crippen molar-refractivity contribution in [3.05, 3.63) is 44.5 Å². The second-order valence-corrected chi connectivity index (χ2v) is 6.91. The fraction of sp³-hybridized carbons (Fsp3) is 0.444. The molecule has 2 aromatic rings. The lowest BCUT2D eigenvalue weighted by atomic mass is 10.1. The van der Waals surface area contributed by atoms with Crippen molar-refractivity contribution in [3.8, 4) is 11.5 Å². The SMILES string of the molecule is Cc1csc(=O)n1CCCC(=O)NC(C)c1ccc2c(c1)OCCO2. The van der Waals surface area contributed by atoms with Crippen molar-refractivity contribution < 1.29 is 14.3 Å². The van der Waals surface area contributed by atoms with Crippen molar-refractivity contribution in [2.75, 3.05) is 13.2 Å². The van der Waals surface area contributed by atoms with Gasteiger partial charge in [-0.15, -0.1) is 0 Å². The molecular formula is C18H22N2O4S. The lowest BCUT2D eigenvalue weighted by Gasteiger charge is -2.21. The molecule has 0 spiro atoms. The molecule has 0 radical (unpaired) electrons. The van der Waals surface area contributed by atoms with Gasteiger partial charge in [0, 0.05) is 24.0 Å². The number of carbonyl (C=O) groups is 1. The second-order valence-electron chi connectivity index (χ2n) is 6.09. The van der Waals surface area contributed by atoms with Gasteiger partial charge in [0.25, 0.3) is 0 Å². The number of nitrogens with zero attached hydrogens (tertiary/aromatic N) is 1. The van der Waals surface area contributed by atoms with E-state index in [0.717, 1.165) is 22.8 Å². The summed E-state index contributed by atoms with van der Waals surface area (Å²) >= 11 is 1.19. The Balaban J connectivity index is 1.51. The third-order valence-corrected chi connectivity index (χ3v) is 5.09. The van der Waals surface area contributed by atoms with Crippen molar-refractivity contribution in [2.45, 2.75) is 39.3 Å². The van der Waals surface area contributed by atoms with Gasteiger partial charge in [-0.3, -0.25) is 9.59 Å². The number of hydrogen-bond donors (Lipinski definition) is 1. The van der Waals surface area contributed by atoms with Crippen LogP contribution >= 0.6 is 11.3 Å². The number of nitrogens with one attached hydrogen (secondary N) is 1. The highest BCUT2D eigenvalue weighted by Crippen LogP contribution is 2.32. The first-order chi connectivity index (χ1) is 12.0. The van der Waals surface area contributed by atoms with Crippen molar-refractivity contribution in [1.82, 2.24) is 9.88 Å². The zero-order valence-electron chi connectivity index (χ0n) is 14.4. The molecule has 134 valence electrons. The van der Waals surface area contributed by atoms with Gasteiger partial charge in [-0.25, -0.2) is 0 Å². The number of carbonyl (C=O) groups excluding carboxylic acids is 1. The number of benzene rings is 1. The van der Waals surface area contributed by atoms with E-state index in [1.807, 2.05) is 37.4 Å². The number of rotatable bonds is 6. The minimum Gasteiger partial charge on any atom is -0.486 e. The number of amides is 1. The van der Waals surface area contributed by atoms with Crippen LogP contribution < -0.4 is 19.7 Å². The second kappa shape index (κ2) is 7.74. The molecule has 0 saturated heterocycles. The maximum absolute atomic E-state index is 12.2. The maximum atomic E-state index is 12.2. The average Bonchev–Trinajstić information content (AvgIpc) is 2.93. The van der Waals surface area contributed by atoms with Crippen molar-refractivity contribution in [1.29, 1.82) is 0 Å². The smallest absolute Gasteiger partial charge is 0.307 e. The van der Waals surface area contributed by atoms with Crippen LogP contribution in [0.25, 0.3) is 0 Å².